The van der Waals surface area contributed by atoms with Crippen LogP contribution in [0.4, 0.5) is 5.69 Å². The van der Waals surface area contributed by atoms with Gasteiger partial charge >= 0.3 is 0 Å². The Labute approximate surface area is 114 Å². The molecular weight excluding hydrogens is 240 g/mol. The van der Waals surface area contributed by atoms with Crippen molar-refractivity contribution in [1.29, 1.82) is 0 Å². The minimum Gasteiger partial charge on any atom is -0.385 e. The van der Waals surface area contributed by atoms with Gasteiger partial charge in [0.15, 0.2) is 0 Å². The van der Waals surface area contributed by atoms with Crippen LogP contribution >= 0.6 is 0 Å². The SMILES string of the molecule is C#Cc1cccc(NC(C)C(=O)NCCCOC)c1. The standard InChI is InChI=1S/C15H20N2O2/c1-4-13-7-5-8-14(11-13)17-12(2)15(18)16-9-6-10-19-3/h1,5,7-8,11-12,17H,6,9-10H2,2-3H3,(H,16,18). The number of ether oxygens (including phenoxy) is 1. The number of rotatable bonds is 7. The highest BCUT2D eigenvalue weighted by molar-refractivity contribution is 5.84. The first kappa shape index (κ1) is 15.1. The Morgan fingerprint density at radius 3 is 3.00 bits per heavy atom. The Balaban J connectivity index is 2.43. The molecule has 1 amide bonds. The molecule has 0 saturated carbocycles. The number of amides is 1. The summed E-state index contributed by atoms with van der Waals surface area (Å²) in [7, 11) is 1.64. The first-order valence-electron chi connectivity index (χ1n) is 6.27. The van der Waals surface area contributed by atoms with E-state index in [1.165, 1.54) is 0 Å². The molecule has 2 N–H and O–H groups in total. The lowest BCUT2D eigenvalue weighted by Gasteiger charge is -2.15. The van der Waals surface area contributed by atoms with Crippen LogP contribution in [0.3, 0.4) is 0 Å². The summed E-state index contributed by atoms with van der Waals surface area (Å²) in [5.74, 6) is 2.52. The largest absolute Gasteiger partial charge is 0.385 e. The normalized spacial score (nSPS) is 11.4. The molecule has 0 aliphatic carbocycles. The van der Waals surface area contributed by atoms with Gasteiger partial charge in [-0.3, -0.25) is 4.79 Å². The fourth-order valence-corrected chi connectivity index (χ4v) is 1.60. The monoisotopic (exact) mass is 260 g/mol. The average molecular weight is 260 g/mol. The fraction of sp³-hybridized carbons (Fsp3) is 0.400. The third kappa shape index (κ3) is 5.45. The first-order chi connectivity index (χ1) is 9.17. The Morgan fingerprint density at radius 1 is 1.53 bits per heavy atom. The van der Waals surface area contributed by atoms with Crippen LogP contribution in [-0.4, -0.2) is 32.2 Å². The molecule has 1 atom stereocenters. The number of terminal acetylenes is 1. The molecule has 4 heteroatoms. The Morgan fingerprint density at radius 2 is 2.32 bits per heavy atom. The molecule has 1 unspecified atom stereocenters. The molecule has 0 spiro atoms. The van der Waals surface area contributed by atoms with Crippen LogP contribution in [-0.2, 0) is 9.53 Å². The molecule has 0 heterocycles. The van der Waals surface area contributed by atoms with E-state index in [9.17, 15) is 4.79 Å². The maximum Gasteiger partial charge on any atom is 0.242 e. The van der Waals surface area contributed by atoms with Crippen molar-refractivity contribution in [3.63, 3.8) is 0 Å². The van der Waals surface area contributed by atoms with E-state index < -0.39 is 0 Å². The van der Waals surface area contributed by atoms with Gasteiger partial charge < -0.3 is 15.4 Å². The van der Waals surface area contributed by atoms with Crippen LogP contribution in [0, 0.1) is 12.3 Å². The third-order valence-electron chi connectivity index (χ3n) is 2.63. The van der Waals surface area contributed by atoms with E-state index in [1.807, 2.05) is 31.2 Å². The summed E-state index contributed by atoms with van der Waals surface area (Å²) < 4.78 is 4.92. The van der Waals surface area contributed by atoms with Gasteiger partial charge in [0.05, 0.1) is 0 Å². The third-order valence-corrected chi connectivity index (χ3v) is 2.63. The molecule has 102 valence electrons. The molecule has 0 fully saturated rings. The molecule has 19 heavy (non-hydrogen) atoms. The maximum atomic E-state index is 11.8. The van der Waals surface area contributed by atoms with Gasteiger partial charge in [-0.2, -0.15) is 0 Å². The van der Waals surface area contributed by atoms with E-state index in [2.05, 4.69) is 16.6 Å². The minimum absolute atomic E-state index is 0.0396. The highest BCUT2D eigenvalue weighted by Gasteiger charge is 2.11. The predicted octanol–water partition coefficient (Wildman–Crippen LogP) is 1.62. The lowest BCUT2D eigenvalue weighted by Crippen LogP contribution is -2.38. The number of hydrogen-bond donors (Lipinski definition) is 2. The van der Waals surface area contributed by atoms with E-state index in [4.69, 9.17) is 11.2 Å². The number of anilines is 1. The predicted molar refractivity (Wildman–Crippen MR) is 77.0 cm³/mol. The summed E-state index contributed by atoms with van der Waals surface area (Å²) in [6.07, 6.45) is 6.14. The molecule has 1 aromatic rings. The molecule has 0 bridgehead atoms. The zero-order valence-electron chi connectivity index (χ0n) is 11.4. The second-order valence-electron chi connectivity index (χ2n) is 4.23. The first-order valence-corrected chi connectivity index (χ1v) is 6.27. The second-order valence-corrected chi connectivity index (χ2v) is 4.23. The number of methoxy groups -OCH3 is 1. The van der Waals surface area contributed by atoms with Gasteiger partial charge in [0, 0.05) is 31.5 Å². The summed E-state index contributed by atoms with van der Waals surface area (Å²) in [6, 6.07) is 7.13. The lowest BCUT2D eigenvalue weighted by atomic mass is 10.2. The van der Waals surface area contributed by atoms with E-state index in [0.717, 1.165) is 17.7 Å². The van der Waals surface area contributed by atoms with Crippen LogP contribution in [0.1, 0.15) is 18.9 Å². The van der Waals surface area contributed by atoms with Crippen LogP contribution in [0.15, 0.2) is 24.3 Å². The van der Waals surface area contributed by atoms with Crippen LogP contribution in [0.5, 0.6) is 0 Å². The van der Waals surface area contributed by atoms with Crippen molar-refractivity contribution in [2.24, 2.45) is 0 Å². The molecule has 0 radical (unpaired) electrons. The summed E-state index contributed by atoms with van der Waals surface area (Å²) >= 11 is 0. The zero-order valence-corrected chi connectivity index (χ0v) is 11.4. The van der Waals surface area contributed by atoms with E-state index >= 15 is 0 Å². The topological polar surface area (TPSA) is 50.4 Å². The molecule has 1 rings (SSSR count). The van der Waals surface area contributed by atoms with Gasteiger partial charge in [0.2, 0.25) is 5.91 Å². The Bertz CT molecular complexity index is 452. The van der Waals surface area contributed by atoms with Gasteiger partial charge in [0.1, 0.15) is 6.04 Å². The van der Waals surface area contributed by atoms with Crippen molar-refractivity contribution in [2.75, 3.05) is 25.6 Å². The van der Waals surface area contributed by atoms with Gasteiger partial charge in [-0.05, 0) is 31.5 Å². The van der Waals surface area contributed by atoms with Gasteiger partial charge in [-0.25, -0.2) is 0 Å². The smallest absolute Gasteiger partial charge is 0.242 e. The zero-order chi connectivity index (χ0) is 14.1. The molecular formula is C15H20N2O2. The van der Waals surface area contributed by atoms with Crippen molar-refractivity contribution in [2.45, 2.75) is 19.4 Å². The Hall–Kier alpha value is -1.99. The minimum atomic E-state index is -0.310. The van der Waals surface area contributed by atoms with Gasteiger partial charge in [-0.1, -0.05) is 12.0 Å². The van der Waals surface area contributed by atoms with E-state index in [1.54, 1.807) is 7.11 Å². The maximum absolute atomic E-state index is 11.8. The van der Waals surface area contributed by atoms with Gasteiger partial charge in [-0.15, -0.1) is 6.42 Å². The number of hydrogen-bond acceptors (Lipinski definition) is 3. The fourth-order valence-electron chi connectivity index (χ4n) is 1.60. The van der Waals surface area contributed by atoms with E-state index in [0.29, 0.717) is 13.2 Å². The average Bonchev–Trinajstić information content (AvgIpc) is 2.43. The Kier molecular flexibility index (Phi) is 6.48. The summed E-state index contributed by atoms with van der Waals surface area (Å²) in [5, 5.41) is 5.96. The van der Waals surface area contributed by atoms with Crippen LogP contribution in [0.25, 0.3) is 0 Å². The number of benzene rings is 1. The quantitative estimate of drug-likeness (QED) is 0.578. The highest BCUT2D eigenvalue weighted by Crippen LogP contribution is 2.10. The van der Waals surface area contributed by atoms with Crippen molar-refractivity contribution in [1.82, 2.24) is 5.32 Å². The summed E-state index contributed by atoms with van der Waals surface area (Å²) in [6.45, 7) is 3.07. The van der Waals surface area contributed by atoms with Crippen LogP contribution in [0.2, 0.25) is 0 Å². The van der Waals surface area contributed by atoms with Crippen molar-refractivity contribution in [3.8, 4) is 12.3 Å². The van der Waals surface area contributed by atoms with E-state index in [-0.39, 0.29) is 11.9 Å². The molecule has 1 aromatic carbocycles. The molecule has 4 nitrogen and oxygen atoms in total. The summed E-state index contributed by atoms with van der Waals surface area (Å²) in [4.78, 5) is 11.8. The molecule has 0 aliphatic heterocycles. The molecule has 0 aliphatic rings. The lowest BCUT2D eigenvalue weighted by molar-refractivity contribution is -0.121. The van der Waals surface area contributed by atoms with Crippen molar-refractivity contribution >= 4 is 11.6 Å². The van der Waals surface area contributed by atoms with Gasteiger partial charge in [0.25, 0.3) is 0 Å². The number of carbonyl (C=O) groups excluding carboxylic acids is 1. The van der Waals surface area contributed by atoms with Crippen molar-refractivity contribution < 1.29 is 9.53 Å². The summed E-state index contributed by atoms with van der Waals surface area (Å²) in [5.41, 5.74) is 1.63. The highest BCUT2D eigenvalue weighted by atomic mass is 16.5. The van der Waals surface area contributed by atoms with Crippen molar-refractivity contribution in [3.05, 3.63) is 29.8 Å². The molecule has 0 aromatic heterocycles. The second kappa shape index (κ2) is 8.17. The van der Waals surface area contributed by atoms with Crippen LogP contribution < -0.4 is 10.6 Å². The molecule has 0 saturated heterocycles. The number of nitrogens with one attached hydrogen (secondary N) is 2. The number of carbonyl (C=O) groups is 1.